The minimum absolute atomic E-state index is 0.122. The number of aryl methyl sites for hydroxylation is 2. The van der Waals surface area contributed by atoms with Gasteiger partial charge in [-0.05, 0) is 100 Å². The molecule has 2 aromatic rings. The van der Waals surface area contributed by atoms with Crippen LogP contribution in [-0.2, 0) is 23.7 Å². The molecule has 0 heterocycles. The van der Waals surface area contributed by atoms with Gasteiger partial charge >= 0.3 is 0 Å². The number of hydrogen-bond acceptors (Lipinski definition) is 0. The third kappa shape index (κ3) is 5.11. The molecule has 0 amide bonds. The fourth-order valence-electron chi connectivity index (χ4n) is 4.73. The van der Waals surface area contributed by atoms with E-state index in [1.807, 2.05) is 0 Å². The molecule has 0 fully saturated rings. The molecular weight excluding hydrogens is 384 g/mol. The smallest absolute Gasteiger partial charge is 0.00435 e. The van der Waals surface area contributed by atoms with Gasteiger partial charge in [-0.2, -0.15) is 0 Å². The van der Waals surface area contributed by atoms with Crippen LogP contribution in [0.2, 0.25) is 0 Å². The zero-order valence-corrected chi connectivity index (χ0v) is 22.2. The van der Waals surface area contributed by atoms with Crippen LogP contribution in [0.3, 0.4) is 0 Å². The van der Waals surface area contributed by atoms with Crippen molar-refractivity contribution in [3.8, 4) is 0 Å². The summed E-state index contributed by atoms with van der Waals surface area (Å²) in [4.78, 5) is 0. The second-order valence-corrected chi connectivity index (χ2v) is 11.6. The minimum Gasteiger partial charge on any atom is -0.0646 e. The first kappa shape index (κ1) is 24.6. The molecule has 0 aromatic heterocycles. The number of hydrogen-bond donors (Lipinski definition) is 0. The molecule has 1 aliphatic carbocycles. The Balaban J connectivity index is 2.23. The van der Waals surface area contributed by atoms with Crippen LogP contribution in [0.5, 0.6) is 0 Å². The van der Waals surface area contributed by atoms with Crippen LogP contribution in [0.1, 0.15) is 109 Å². The maximum Gasteiger partial charge on any atom is -0.00435 e. The molecule has 0 spiro atoms. The van der Waals surface area contributed by atoms with Crippen molar-refractivity contribution >= 4 is 11.1 Å². The Morgan fingerprint density at radius 2 is 1.16 bits per heavy atom. The van der Waals surface area contributed by atoms with Crippen LogP contribution >= 0.6 is 0 Å². The van der Waals surface area contributed by atoms with E-state index in [2.05, 4.69) is 112 Å². The third-order valence-electron chi connectivity index (χ3n) is 6.95. The first-order valence-electron chi connectivity index (χ1n) is 12.4. The van der Waals surface area contributed by atoms with E-state index in [0.717, 1.165) is 19.3 Å². The van der Waals surface area contributed by atoms with Gasteiger partial charge in [0.15, 0.2) is 0 Å². The summed E-state index contributed by atoms with van der Waals surface area (Å²) in [6.07, 6.45) is 5.62. The Labute approximate surface area is 197 Å². The SMILES string of the molecule is CCc1cc(CC)cc(C2=C(C)C(c3cc(C(C)(C)C)cc(C(C)(C)C)c3)=C(C)C[CH]2)c1. The van der Waals surface area contributed by atoms with Crippen molar-refractivity contribution in [2.45, 2.75) is 99.3 Å². The molecule has 0 N–H and O–H groups in total. The molecule has 32 heavy (non-hydrogen) atoms. The average molecular weight is 428 g/mol. The van der Waals surface area contributed by atoms with E-state index in [1.165, 1.54) is 55.7 Å². The van der Waals surface area contributed by atoms with Crippen molar-refractivity contribution in [3.05, 3.63) is 87.3 Å². The van der Waals surface area contributed by atoms with Gasteiger partial charge in [0, 0.05) is 0 Å². The van der Waals surface area contributed by atoms with Crippen LogP contribution in [0.4, 0.5) is 0 Å². The van der Waals surface area contributed by atoms with Gasteiger partial charge in [0.2, 0.25) is 0 Å². The Morgan fingerprint density at radius 1 is 0.656 bits per heavy atom. The van der Waals surface area contributed by atoms with Crippen molar-refractivity contribution in [2.24, 2.45) is 0 Å². The van der Waals surface area contributed by atoms with E-state index in [4.69, 9.17) is 0 Å². The van der Waals surface area contributed by atoms with Gasteiger partial charge in [-0.1, -0.05) is 97.4 Å². The molecule has 0 nitrogen and oxygen atoms in total. The highest BCUT2D eigenvalue weighted by Gasteiger charge is 2.25. The maximum atomic E-state index is 2.45. The van der Waals surface area contributed by atoms with Crippen molar-refractivity contribution < 1.29 is 0 Å². The number of allylic oxidation sites excluding steroid dienone is 4. The van der Waals surface area contributed by atoms with Crippen molar-refractivity contribution in [1.29, 1.82) is 0 Å². The molecule has 3 rings (SSSR count). The summed E-state index contributed by atoms with van der Waals surface area (Å²) in [5.41, 5.74) is 14.5. The minimum atomic E-state index is 0.122. The topological polar surface area (TPSA) is 0 Å². The fourth-order valence-corrected chi connectivity index (χ4v) is 4.73. The van der Waals surface area contributed by atoms with Gasteiger partial charge in [-0.3, -0.25) is 0 Å². The zero-order chi connectivity index (χ0) is 23.8. The van der Waals surface area contributed by atoms with Crippen molar-refractivity contribution in [2.75, 3.05) is 0 Å². The summed E-state index contributed by atoms with van der Waals surface area (Å²) in [6, 6.07) is 14.5. The lowest BCUT2D eigenvalue weighted by molar-refractivity contribution is 0.568. The van der Waals surface area contributed by atoms with Crippen molar-refractivity contribution in [3.63, 3.8) is 0 Å². The lowest BCUT2D eigenvalue weighted by atomic mass is 9.75. The maximum absolute atomic E-state index is 2.45. The van der Waals surface area contributed by atoms with Crippen LogP contribution in [0.15, 0.2) is 47.5 Å². The lowest BCUT2D eigenvalue weighted by Crippen LogP contribution is -2.17. The quantitative estimate of drug-likeness (QED) is 0.456. The van der Waals surface area contributed by atoms with E-state index in [9.17, 15) is 0 Å². The van der Waals surface area contributed by atoms with E-state index < -0.39 is 0 Å². The van der Waals surface area contributed by atoms with Crippen LogP contribution in [-0.4, -0.2) is 0 Å². The molecule has 1 radical (unpaired) electrons. The predicted octanol–water partition coefficient (Wildman–Crippen LogP) is 9.26. The summed E-state index contributed by atoms with van der Waals surface area (Å²) in [5.74, 6) is 0. The third-order valence-corrected chi connectivity index (χ3v) is 6.95. The summed E-state index contributed by atoms with van der Waals surface area (Å²) in [7, 11) is 0. The first-order valence-corrected chi connectivity index (χ1v) is 12.4. The highest BCUT2D eigenvalue weighted by Crippen LogP contribution is 2.42. The Morgan fingerprint density at radius 3 is 1.59 bits per heavy atom. The van der Waals surface area contributed by atoms with Crippen molar-refractivity contribution in [1.82, 2.24) is 0 Å². The van der Waals surface area contributed by atoms with Gasteiger partial charge in [-0.15, -0.1) is 0 Å². The summed E-state index contributed by atoms with van der Waals surface area (Å²) >= 11 is 0. The van der Waals surface area contributed by atoms with Crippen LogP contribution in [0, 0.1) is 6.42 Å². The molecule has 171 valence electrons. The molecule has 0 saturated carbocycles. The van der Waals surface area contributed by atoms with Gasteiger partial charge in [0.1, 0.15) is 0 Å². The molecular formula is C32H43. The normalized spacial score (nSPS) is 15.6. The number of rotatable bonds is 4. The highest BCUT2D eigenvalue weighted by atomic mass is 14.3. The summed E-state index contributed by atoms with van der Waals surface area (Å²) in [6.45, 7) is 23.1. The van der Waals surface area contributed by atoms with E-state index in [-0.39, 0.29) is 10.8 Å². The fraction of sp³-hybridized carbons (Fsp3) is 0.469. The standard InChI is InChI=1S/C32H43/c1-11-23-15-24(12-2)17-25(16-23)29-14-13-21(3)30(22(29)4)26-18-27(31(5,6)7)20-28(19-26)32(8,9)10/h14-20H,11-13H2,1-10H3. The van der Waals surface area contributed by atoms with E-state index in [0.29, 0.717) is 0 Å². The molecule has 0 aliphatic heterocycles. The van der Waals surface area contributed by atoms with Gasteiger partial charge in [0.05, 0.1) is 0 Å². The highest BCUT2D eigenvalue weighted by molar-refractivity contribution is 5.95. The Kier molecular flexibility index (Phi) is 6.94. The number of benzene rings is 2. The Hall–Kier alpha value is -2.08. The average Bonchev–Trinajstić information content (AvgIpc) is 2.72. The lowest BCUT2D eigenvalue weighted by Gasteiger charge is -2.29. The largest absolute Gasteiger partial charge is 0.0646 e. The van der Waals surface area contributed by atoms with Crippen LogP contribution in [0.25, 0.3) is 11.1 Å². The molecule has 0 atom stereocenters. The zero-order valence-electron chi connectivity index (χ0n) is 22.2. The Bertz CT molecular complexity index is 1000. The second-order valence-electron chi connectivity index (χ2n) is 11.6. The summed E-state index contributed by atoms with van der Waals surface area (Å²) in [5, 5.41) is 0. The molecule has 2 aromatic carbocycles. The predicted molar refractivity (Wildman–Crippen MR) is 143 cm³/mol. The van der Waals surface area contributed by atoms with E-state index >= 15 is 0 Å². The molecule has 0 unspecified atom stereocenters. The second kappa shape index (κ2) is 9.05. The van der Waals surface area contributed by atoms with Gasteiger partial charge in [0.25, 0.3) is 0 Å². The molecule has 0 heteroatoms. The molecule has 0 saturated heterocycles. The monoisotopic (exact) mass is 427 g/mol. The van der Waals surface area contributed by atoms with Crippen LogP contribution < -0.4 is 0 Å². The first-order chi connectivity index (χ1) is 14.8. The van der Waals surface area contributed by atoms with Gasteiger partial charge in [-0.25, -0.2) is 0 Å². The molecule has 1 aliphatic rings. The van der Waals surface area contributed by atoms with E-state index in [1.54, 1.807) is 0 Å². The van der Waals surface area contributed by atoms with Gasteiger partial charge < -0.3 is 0 Å². The summed E-state index contributed by atoms with van der Waals surface area (Å²) < 4.78 is 0. The molecule has 0 bridgehead atoms.